The van der Waals surface area contributed by atoms with Crippen molar-refractivity contribution in [1.82, 2.24) is 5.43 Å². The van der Waals surface area contributed by atoms with Crippen LogP contribution in [-0.4, -0.2) is 11.6 Å². The van der Waals surface area contributed by atoms with Gasteiger partial charge in [-0.05, 0) is 35.4 Å². The second kappa shape index (κ2) is 8.66. The van der Waals surface area contributed by atoms with Gasteiger partial charge >= 0.3 is 0 Å². The summed E-state index contributed by atoms with van der Waals surface area (Å²) in [5, 5.41) is 4.57. The van der Waals surface area contributed by atoms with Crippen molar-refractivity contribution < 1.29 is 4.79 Å². The zero-order valence-electron chi connectivity index (χ0n) is 17.6. The Morgan fingerprint density at radius 3 is 1.90 bits per heavy atom. The largest absolute Gasteiger partial charge is 0.273 e. The Morgan fingerprint density at radius 1 is 0.900 bits per heavy atom. The number of carbonyl (C=O) groups excluding carboxylic acids is 1. The molecule has 1 amide bonds. The summed E-state index contributed by atoms with van der Waals surface area (Å²) >= 11 is 0. The SMILES string of the molecule is CC(C)CC(=NNC(=O)C1CC1(c1ccccc1)c1ccccc1)c1ccccc1. The van der Waals surface area contributed by atoms with Gasteiger partial charge in [0.15, 0.2) is 0 Å². The smallest absolute Gasteiger partial charge is 0.244 e. The molecule has 0 heterocycles. The Hall–Kier alpha value is -3.20. The molecule has 1 saturated carbocycles. The first-order chi connectivity index (χ1) is 14.6. The number of nitrogens with zero attached hydrogens (tertiary/aromatic N) is 1. The standard InChI is InChI=1S/C27H28N2O/c1-20(2)18-25(21-12-6-3-7-13-21)28-29-26(30)24-19-27(24,22-14-8-4-9-15-22)23-16-10-5-11-17-23/h3-17,20,24H,18-19H2,1-2H3,(H,29,30). The Morgan fingerprint density at radius 2 is 1.40 bits per heavy atom. The van der Waals surface area contributed by atoms with Gasteiger partial charge in [-0.15, -0.1) is 0 Å². The second-order valence-corrected chi connectivity index (χ2v) is 8.46. The van der Waals surface area contributed by atoms with Crippen molar-refractivity contribution in [3.05, 3.63) is 108 Å². The van der Waals surface area contributed by atoms with E-state index in [0.717, 1.165) is 24.1 Å². The molecule has 3 aromatic rings. The van der Waals surface area contributed by atoms with Crippen LogP contribution in [0.15, 0.2) is 96.1 Å². The van der Waals surface area contributed by atoms with Gasteiger partial charge in [-0.25, -0.2) is 5.43 Å². The fourth-order valence-electron chi connectivity index (χ4n) is 4.30. The van der Waals surface area contributed by atoms with Crippen LogP contribution in [-0.2, 0) is 10.2 Å². The molecule has 1 fully saturated rings. The lowest BCUT2D eigenvalue weighted by atomic mass is 9.85. The van der Waals surface area contributed by atoms with Crippen molar-refractivity contribution in [3.63, 3.8) is 0 Å². The summed E-state index contributed by atoms with van der Waals surface area (Å²) in [5.74, 6) is 0.316. The summed E-state index contributed by atoms with van der Waals surface area (Å²) < 4.78 is 0. The summed E-state index contributed by atoms with van der Waals surface area (Å²) in [6, 6.07) is 30.8. The molecule has 0 bridgehead atoms. The van der Waals surface area contributed by atoms with Gasteiger partial charge in [-0.2, -0.15) is 5.10 Å². The maximum Gasteiger partial charge on any atom is 0.244 e. The van der Waals surface area contributed by atoms with Crippen LogP contribution >= 0.6 is 0 Å². The van der Waals surface area contributed by atoms with Crippen LogP contribution in [0.1, 0.15) is 43.4 Å². The van der Waals surface area contributed by atoms with Crippen LogP contribution < -0.4 is 5.43 Å². The third-order valence-corrected chi connectivity index (χ3v) is 5.86. The zero-order chi connectivity index (χ0) is 21.0. The topological polar surface area (TPSA) is 41.5 Å². The van der Waals surface area contributed by atoms with Crippen molar-refractivity contribution in [2.24, 2.45) is 16.9 Å². The molecule has 0 saturated heterocycles. The van der Waals surface area contributed by atoms with E-state index in [4.69, 9.17) is 0 Å². The highest BCUT2D eigenvalue weighted by Crippen LogP contribution is 2.58. The van der Waals surface area contributed by atoms with Gasteiger partial charge in [0.25, 0.3) is 0 Å². The van der Waals surface area contributed by atoms with Gasteiger partial charge in [0.1, 0.15) is 0 Å². The molecule has 1 aliphatic rings. The first-order valence-corrected chi connectivity index (χ1v) is 10.6. The second-order valence-electron chi connectivity index (χ2n) is 8.46. The Bertz CT molecular complexity index is 971. The lowest BCUT2D eigenvalue weighted by Crippen LogP contribution is -2.27. The molecule has 152 valence electrons. The fourth-order valence-corrected chi connectivity index (χ4v) is 4.30. The normalized spacial score (nSPS) is 17.6. The summed E-state index contributed by atoms with van der Waals surface area (Å²) in [7, 11) is 0. The summed E-state index contributed by atoms with van der Waals surface area (Å²) in [4.78, 5) is 13.2. The van der Waals surface area contributed by atoms with E-state index in [2.05, 4.69) is 48.6 Å². The molecular formula is C27H28N2O. The Labute approximate surface area is 178 Å². The van der Waals surface area contributed by atoms with Crippen LogP contribution in [0.3, 0.4) is 0 Å². The number of carbonyl (C=O) groups is 1. The number of hydrogen-bond donors (Lipinski definition) is 1. The van der Waals surface area contributed by atoms with E-state index in [1.165, 1.54) is 11.1 Å². The minimum absolute atomic E-state index is 0.0140. The highest BCUT2D eigenvalue weighted by molar-refractivity contribution is 6.01. The van der Waals surface area contributed by atoms with Crippen molar-refractivity contribution in [3.8, 4) is 0 Å². The van der Waals surface area contributed by atoms with E-state index in [0.29, 0.717) is 5.92 Å². The molecule has 4 rings (SSSR count). The van der Waals surface area contributed by atoms with Crippen LogP contribution in [0.2, 0.25) is 0 Å². The maximum atomic E-state index is 13.2. The number of amides is 1. The third-order valence-electron chi connectivity index (χ3n) is 5.86. The van der Waals surface area contributed by atoms with Gasteiger partial charge in [0.05, 0.1) is 11.6 Å². The molecular weight excluding hydrogens is 368 g/mol. The van der Waals surface area contributed by atoms with E-state index < -0.39 is 0 Å². The summed E-state index contributed by atoms with van der Waals surface area (Å²) in [5.41, 5.74) is 6.97. The first kappa shape index (κ1) is 20.1. The molecule has 1 N–H and O–H groups in total. The molecule has 0 aliphatic heterocycles. The average molecular weight is 397 g/mol. The number of nitrogens with one attached hydrogen (secondary N) is 1. The maximum absolute atomic E-state index is 13.2. The molecule has 3 heteroatoms. The first-order valence-electron chi connectivity index (χ1n) is 10.6. The average Bonchev–Trinajstić information content (AvgIpc) is 3.55. The molecule has 0 radical (unpaired) electrons. The van der Waals surface area contributed by atoms with Crippen molar-refractivity contribution in [1.29, 1.82) is 0 Å². The lowest BCUT2D eigenvalue weighted by molar-refractivity contribution is -0.122. The van der Waals surface area contributed by atoms with Crippen molar-refractivity contribution >= 4 is 11.6 Å². The number of benzene rings is 3. The molecule has 1 atom stereocenters. The molecule has 1 unspecified atom stereocenters. The van der Waals surface area contributed by atoms with Crippen LogP contribution in [0.4, 0.5) is 0 Å². The molecule has 1 aliphatic carbocycles. The van der Waals surface area contributed by atoms with E-state index in [-0.39, 0.29) is 17.2 Å². The summed E-state index contributed by atoms with van der Waals surface area (Å²) in [6.07, 6.45) is 1.62. The molecule has 3 nitrogen and oxygen atoms in total. The van der Waals surface area contributed by atoms with Gasteiger partial charge in [0, 0.05) is 5.41 Å². The van der Waals surface area contributed by atoms with Crippen molar-refractivity contribution in [2.75, 3.05) is 0 Å². The highest BCUT2D eigenvalue weighted by atomic mass is 16.2. The number of hydrogen-bond acceptors (Lipinski definition) is 2. The zero-order valence-corrected chi connectivity index (χ0v) is 17.6. The third kappa shape index (κ3) is 4.06. The predicted octanol–water partition coefficient (Wildman–Crippen LogP) is 5.56. The lowest BCUT2D eigenvalue weighted by Gasteiger charge is -2.18. The predicted molar refractivity (Wildman–Crippen MR) is 122 cm³/mol. The minimum atomic E-state index is -0.271. The molecule has 30 heavy (non-hydrogen) atoms. The van der Waals surface area contributed by atoms with Crippen molar-refractivity contribution in [2.45, 2.75) is 32.1 Å². The summed E-state index contributed by atoms with van der Waals surface area (Å²) in [6.45, 7) is 4.33. The number of rotatable bonds is 7. The Balaban J connectivity index is 1.59. The van der Waals surface area contributed by atoms with E-state index in [1.807, 2.05) is 66.7 Å². The van der Waals surface area contributed by atoms with Crippen LogP contribution in [0.25, 0.3) is 0 Å². The van der Waals surface area contributed by atoms with Gasteiger partial charge in [0.2, 0.25) is 5.91 Å². The van der Waals surface area contributed by atoms with Gasteiger partial charge < -0.3 is 0 Å². The van der Waals surface area contributed by atoms with E-state index in [1.54, 1.807) is 0 Å². The monoisotopic (exact) mass is 396 g/mol. The van der Waals surface area contributed by atoms with Crippen LogP contribution in [0, 0.1) is 11.8 Å². The molecule has 0 spiro atoms. The quantitative estimate of drug-likeness (QED) is 0.412. The highest BCUT2D eigenvalue weighted by Gasteiger charge is 2.60. The van der Waals surface area contributed by atoms with Crippen LogP contribution in [0.5, 0.6) is 0 Å². The van der Waals surface area contributed by atoms with Gasteiger partial charge in [-0.1, -0.05) is 105 Å². The van der Waals surface area contributed by atoms with E-state index >= 15 is 0 Å². The van der Waals surface area contributed by atoms with Gasteiger partial charge in [-0.3, -0.25) is 4.79 Å². The van der Waals surface area contributed by atoms with E-state index in [9.17, 15) is 4.79 Å². The Kier molecular flexibility index (Phi) is 5.80. The minimum Gasteiger partial charge on any atom is -0.273 e. The fraction of sp³-hybridized carbons (Fsp3) is 0.259. The molecule has 0 aromatic heterocycles. The molecule has 3 aromatic carbocycles. The number of hydrazone groups is 1.